The Bertz CT molecular complexity index is 1120. The van der Waals surface area contributed by atoms with E-state index in [0.717, 1.165) is 33.5 Å². The molecule has 140 valence electrons. The zero-order valence-electron chi connectivity index (χ0n) is 15.4. The van der Waals surface area contributed by atoms with Crippen LogP contribution in [0.2, 0.25) is 5.02 Å². The van der Waals surface area contributed by atoms with Crippen molar-refractivity contribution in [1.82, 2.24) is 15.0 Å². The summed E-state index contributed by atoms with van der Waals surface area (Å²) >= 11 is 5.94. The minimum absolute atomic E-state index is 0.0172. The van der Waals surface area contributed by atoms with E-state index < -0.39 is 0 Å². The number of nitrogens with zero attached hydrogens (tertiary/aromatic N) is 3. The lowest BCUT2D eigenvalue weighted by Crippen LogP contribution is -2.13. The van der Waals surface area contributed by atoms with Crippen LogP contribution in [0.3, 0.4) is 0 Å². The molecule has 6 heteroatoms. The van der Waals surface area contributed by atoms with Crippen molar-refractivity contribution in [2.45, 2.75) is 19.8 Å². The number of aromatic nitrogens is 3. The number of carbonyl (C=O) groups is 1. The number of fused-ring (bicyclic) bond motifs is 1. The van der Waals surface area contributed by atoms with Crippen molar-refractivity contribution in [2.75, 3.05) is 5.32 Å². The molecule has 1 N–H and O–H groups in total. The molecule has 0 aliphatic carbocycles. The Balaban J connectivity index is 1.52. The summed E-state index contributed by atoms with van der Waals surface area (Å²) < 4.78 is 0. The summed E-state index contributed by atoms with van der Waals surface area (Å²) in [7, 11) is 0. The Hall–Kier alpha value is -3.18. The van der Waals surface area contributed by atoms with Gasteiger partial charge in [-0.1, -0.05) is 41.9 Å². The third kappa shape index (κ3) is 4.05. The Kier molecular flexibility index (Phi) is 5.08. The SMILES string of the molecule is Cc1cc2nn(-c3ccc(Cl)cc3)nc2cc1NC(=O)CCc1ccccc1. The normalized spacial score (nSPS) is 10.9. The van der Waals surface area contributed by atoms with E-state index in [1.165, 1.54) is 0 Å². The molecule has 1 heterocycles. The van der Waals surface area contributed by atoms with Crippen LogP contribution in [0.1, 0.15) is 17.5 Å². The number of benzene rings is 3. The molecule has 1 amide bonds. The van der Waals surface area contributed by atoms with Crippen molar-refractivity contribution < 1.29 is 4.79 Å². The zero-order valence-corrected chi connectivity index (χ0v) is 16.1. The molecule has 0 saturated heterocycles. The molecule has 0 aliphatic heterocycles. The maximum atomic E-state index is 12.4. The van der Waals surface area contributed by atoms with Crippen molar-refractivity contribution in [1.29, 1.82) is 0 Å². The van der Waals surface area contributed by atoms with Gasteiger partial charge in [0.1, 0.15) is 11.0 Å². The third-order valence-corrected chi connectivity index (χ3v) is 4.79. The quantitative estimate of drug-likeness (QED) is 0.524. The van der Waals surface area contributed by atoms with Gasteiger partial charge in [0, 0.05) is 17.1 Å². The first kappa shape index (κ1) is 18.2. The first-order chi connectivity index (χ1) is 13.6. The molecule has 3 aromatic carbocycles. The van der Waals surface area contributed by atoms with Gasteiger partial charge in [-0.25, -0.2) is 0 Å². The Morgan fingerprint density at radius 2 is 1.68 bits per heavy atom. The summed E-state index contributed by atoms with van der Waals surface area (Å²) in [6.45, 7) is 1.95. The molecule has 0 bridgehead atoms. The second kappa shape index (κ2) is 7.82. The summed E-state index contributed by atoms with van der Waals surface area (Å²) in [4.78, 5) is 13.9. The summed E-state index contributed by atoms with van der Waals surface area (Å²) in [5.74, 6) is -0.0172. The fourth-order valence-corrected chi connectivity index (χ4v) is 3.13. The molecule has 0 spiro atoms. The maximum absolute atomic E-state index is 12.4. The van der Waals surface area contributed by atoms with E-state index in [1.54, 1.807) is 16.9 Å². The number of nitrogens with one attached hydrogen (secondary N) is 1. The molecular formula is C22H19ClN4O. The van der Waals surface area contributed by atoms with Gasteiger partial charge in [0.2, 0.25) is 5.91 Å². The second-order valence-corrected chi connectivity index (χ2v) is 7.09. The number of anilines is 1. The molecule has 28 heavy (non-hydrogen) atoms. The summed E-state index contributed by atoms with van der Waals surface area (Å²) in [5, 5.41) is 12.7. The van der Waals surface area contributed by atoms with E-state index in [-0.39, 0.29) is 5.91 Å². The highest BCUT2D eigenvalue weighted by atomic mass is 35.5. The van der Waals surface area contributed by atoms with E-state index >= 15 is 0 Å². The minimum Gasteiger partial charge on any atom is -0.326 e. The highest BCUT2D eigenvalue weighted by Gasteiger charge is 2.11. The van der Waals surface area contributed by atoms with Gasteiger partial charge in [0.15, 0.2) is 0 Å². The predicted octanol–water partition coefficient (Wildman–Crippen LogP) is 4.95. The molecule has 4 rings (SSSR count). The summed E-state index contributed by atoms with van der Waals surface area (Å²) in [6.07, 6.45) is 1.14. The number of hydrogen-bond donors (Lipinski definition) is 1. The Labute approximate surface area is 167 Å². The van der Waals surface area contributed by atoms with E-state index in [0.29, 0.717) is 17.9 Å². The number of aryl methyl sites for hydroxylation is 2. The molecular weight excluding hydrogens is 372 g/mol. The van der Waals surface area contributed by atoms with Crippen LogP contribution in [0.15, 0.2) is 66.7 Å². The molecule has 0 saturated carbocycles. The molecule has 0 atom stereocenters. The van der Waals surface area contributed by atoms with E-state index in [4.69, 9.17) is 11.6 Å². The van der Waals surface area contributed by atoms with Crippen molar-refractivity contribution >= 4 is 34.2 Å². The van der Waals surface area contributed by atoms with Gasteiger partial charge in [-0.3, -0.25) is 4.79 Å². The van der Waals surface area contributed by atoms with E-state index in [9.17, 15) is 4.79 Å². The zero-order chi connectivity index (χ0) is 19.5. The highest BCUT2D eigenvalue weighted by Crippen LogP contribution is 2.23. The van der Waals surface area contributed by atoms with Crippen LogP contribution in [0, 0.1) is 6.92 Å². The van der Waals surface area contributed by atoms with Gasteiger partial charge in [-0.2, -0.15) is 4.80 Å². The maximum Gasteiger partial charge on any atom is 0.224 e. The van der Waals surface area contributed by atoms with Crippen molar-refractivity contribution in [2.24, 2.45) is 0 Å². The minimum atomic E-state index is -0.0172. The Morgan fingerprint density at radius 1 is 1.00 bits per heavy atom. The van der Waals surface area contributed by atoms with Gasteiger partial charge in [-0.05, 0) is 60.9 Å². The lowest BCUT2D eigenvalue weighted by atomic mass is 10.1. The molecule has 0 unspecified atom stereocenters. The van der Waals surface area contributed by atoms with Crippen molar-refractivity contribution in [3.8, 4) is 5.69 Å². The fourth-order valence-electron chi connectivity index (χ4n) is 3.01. The van der Waals surface area contributed by atoms with Crippen LogP contribution < -0.4 is 5.32 Å². The molecule has 0 fully saturated rings. The lowest BCUT2D eigenvalue weighted by Gasteiger charge is -2.08. The van der Waals surface area contributed by atoms with E-state index in [1.807, 2.05) is 61.5 Å². The van der Waals surface area contributed by atoms with Gasteiger partial charge in [-0.15, -0.1) is 10.2 Å². The monoisotopic (exact) mass is 390 g/mol. The average molecular weight is 391 g/mol. The predicted molar refractivity (Wildman–Crippen MR) is 112 cm³/mol. The van der Waals surface area contributed by atoms with Crippen LogP contribution in [-0.4, -0.2) is 20.9 Å². The van der Waals surface area contributed by atoms with Gasteiger partial charge in [0.05, 0.1) is 5.69 Å². The largest absolute Gasteiger partial charge is 0.326 e. The van der Waals surface area contributed by atoms with Crippen LogP contribution in [0.4, 0.5) is 5.69 Å². The Morgan fingerprint density at radius 3 is 2.39 bits per heavy atom. The molecule has 0 aliphatic rings. The van der Waals surface area contributed by atoms with Crippen LogP contribution in [-0.2, 0) is 11.2 Å². The highest BCUT2D eigenvalue weighted by molar-refractivity contribution is 6.30. The van der Waals surface area contributed by atoms with E-state index in [2.05, 4.69) is 15.5 Å². The summed E-state index contributed by atoms with van der Waals surface area (Å²) in [5.41, 5.74) is 5.17. The van der Waals surface area contributed by atoms with Gasteiger partial charge >= 0.3 is 0 Å². The van der Waals surface area contributed by atoms with Crippen LogP contribution in [0.5, 0.6) is 0 Å². The number of halogens is 1. The van der Waals surface area contributed by atoms with Gasteiger partial charge < -0.3 is 5.32 Å². The smallest absolute Gasteiger partial charge is 0.224 e. The first-order valence-corrected chi connectivity index (χ1v) is 9.44. The fraction of sp³-hybridized carbons (Fsp3) is 0.136. The number of hydrogen-bond acceptors (Lipinski definition) is 3. The number of carbonyl (C=O) groups excluding carboxylic acids is 1. The third-order valence-electron chi connectivity index (χ3n) is 4.54. The van der Waals surface area contributed by atoms with Crippen LogP contribution >= 0.6 is 11.6 Å². The van der Waals surface area contributed by atoms with Gasteiger partial charge in [0.25, 0.3) is 0 Å². The molecule has 4 aromatic rings. The average Bonchev–Trinajstić information content (AvgIpc) is 3.10. The van der Waals surface area contributed by atoms with Crippen molar-refractivity contribution in [3.05, 3.63) is 82.9 Å². The topological polar surface area (TPSA) is 59.8 Å². The molecule has 5 nitrogen and oxygen atoms in total. The van der Waals surface area contributed by atoms with Crippen molar-refractivity contribution in [3.63, 3.8) is 0 Å². The standard InChI is InChI=1S/C22H19ClN4O/c1-15-13-20-21(26-27(25-20)18-10-8-17(23)9-11-18)14-19(15)24-22(28)12-7-16-5-3-2-4-6-16/h2-6,8-11,13-14H,7,12H2,1H3,(H,24,28). The second-order valence-electron chi connectivity index (χ2n) is 6.66. The first-order valence-electron chi connectivity index (χ1n) is 9.06. The summed E-state index contributed by atoms with van der Waals surface area (Å²) in [6, 6.07) is 21.1. The molecule has 1 aromatic heterocycles. The number of amides is 1. The lowest BCUT2D eigenvalue weighted by molar-refractivity contribution is -0.116. The number of rotatable bonds is 5. The van der Waals surface area contributed by atoms with Crippen LogP contribution in [0.25, 0.3) is 16.7 Å². The molecule has 0 radical (unpaired) electrons.